The first-order chi connectivity index (χ1) is 9.61. The molecule has 1 aromatic rings. The monoisotopic (exact) mass is 275 g/mol. The molecule has 0 amide bonds. The number of piperazine rings is 1. The van der Waals surface area contributed by atoms with Gasteiger partial charge in [-0.2, -0.15) is 5.26 Å². The molecule has 0 aromatic heterocycles. The van der Waals surface area contributed by atoms with Gasteiger partial charge in [0.2, 0.25) is 0 Å². The van der Waals surface area contributed by atoms with Crippen LogP contribution in [0.3, 0.4) is 0 Å². The van der Waals surface area contributed by atoms with Crippen molar-refractivity contribution >= 4 is 0 Å². The van der Waals surface area contributed by atoms with Gasteiger partial charge in [-0.05, 0) is 31.5 Å². The zero-order chi connectivity index (χ0) is 14.5. The van der Waals surface area contributed by atoms with E-state index in [2.05, 4.69) is 29.7 Å². The second kappa shape index (κ2) is 6.83. The predicted molar refractivity (Wildman–Crippen MR) is 77.7 cm³/mol. The molecule has 108 valence electrons. The molecule has 1 heterocycles. The number of hydrogen-bond acceptors (Lipinski definition) is 3. The van der Waals surface area contributed by atoms with Crippen molar-refractivity contribution in [3.05, 3.63) is 35.6 Å². The Morgan fingerprint density at radius 3 is 2.45 bits per heavy atom. The molecule has 2 atom stereocenters. The first-order valence-electron chi connectivity index (χ1n) is 7.22. The van der Waals surface area contributed by atoms with Gasteiger partial charge in [-0.3, -0.25) is 9.80 Å². The average molecular weight is 275 g/mol. The fourth-order valence-corrected chi connectivity index (χ4v) is 2.80. The summed E-state index contributed by atoms with van der Waals surface area (Å²) in [6.07, 6.45) is 0.583. The number of hydrogen-bond donors (Lipinski definition) is 0. The molecule has 4 heteroatoms. The van der Waals surface area contributed by atoms with Crippen molar-refractivity contribution < 1.29 is 4.39 Å². The van der Waals surface area contributed by atoms with Crippen LogP contribution in [-0.2, 0) is 0 Å². The van der Waals surface area contributed by atoms with E-state index in [1.54, 1.807) is 12.1 Å². The third-order valence-electron chi connectivity index (χ3n) is 4.24. The minimum absolute atomic E-state index is 0.171. The zero-order valence-corrected chi connectivity index (χ0v) is 12.2. The van der Waals surface area contributed by atoms with Crippen molar-refractivity contribution in [3.63, 3.8) is 0 Å². The number of benzene rings is 1. The quantitative estimate of drug-likeness (QED) is 0.846. The van der Waals surface area contributed by atoms with Gasteiger partial charge in [0.05, 0.1) is 12.5 Å². The average Bonchev–Trinajstić information content (AvgIpc) is 2.47. The summed E-state index contributed by atoms with van der Waals surface area (Å²) >= 11 is 0. The Morgan fingerprint density at radius 1 is 1.20 bits per heavy atom. The number of nitrogens with zero attached hydrogens (tertiary/aromatic N) is 3. The standard InChI is InChI=1S/C16H22FN3/c1-13(6-7-18)19-8-10-20(11-9-19)14(2)15-4-3-5-16(17)12-15/h3-5,12-14H,6,8-11H2,1-2H3/t13-,14-/m0/s1. The van der Waals surface area contributed by atoms with Crippen LogP contribution in [-0.4, -0.2) is 42.0 Å². The van der Waals surface area contributed by atoms with Gasteiger partial charge in [-0.15, -0.1) is 0 Å². The molecule has 0 aliphatic carbocycles. The molecule has 1 aliphatic rings. The van der Waals surface area contributed by atoms with Crippen LogP contribution >= 0.6 is 0 Å². The summed E-state index contributed by atoms with van der Waals surface area (Å²) in [5.74, 6) is -0.171. The van der Waals surface area contributed by atoms with Crippen molar-refractivity contribution in [2.45, 2.75) is 32.4 Å². The molecule has 1 saturated heterocycles. The highest BCUT2D eigenvalue weighted by Crippen LogP contribution is 2.22. The smallest absolute Gasteiger partial charge is 0.123 e. The zero-order valence-electron chi connectivity index (χ0n) is 12.2. The van der Waals surface area contributed by atoms with Crippen LogP contribution < -0.4 is 0 Å². The topological polar surface area (TPSA) is 30.3 Å². The second-order valence-electron chi connectivity index (χ2n) is 5.51. The number of halogens is 1. The lowest BCUT2D eigenvalue weighted by Gasteiger charge is -2.40. The number of rotatable bonds is 4. The van der Waals surface area contributed by atoms with E-state index in [0.717, 1.165) is 31.7 Å². The van der Waals surface area contributed by atoms with E-state index in [4.69, 9.17) is 5.26 Å². The SMILES string of the molecule is C[C@@H](CC#N)N1CCN([C@@H](C)c2cccc(F)c2)CC1. The minimum atomic E-state index is -0.171. The van der Waals surface area contributed by atoms with Crippen LogP contribution in [0.1, 0.15) is 31.9 Å². The summed E-state index contributed by atoms with van der Waals surface area (Å²) in [6, 6.07) is 9.65. The molecule has 1 aromatic carbocycles. The van der Waals surface area contributed by atoms with Gasteiger partial charge in [-0.1, -0.05) is 12.1 Å². The lowest BCUT2D eigenvalue weighted by molar-refractivity contribution is 0.0795. The Balaban J connectivity index is 1.92. The lowest BCUT2D eigenvalue weighted by Crippen LogP contribution is -2.50. The van der Waals surface area contributed by atoms with E-state index < -0.39 is 0 Å². The van der Waals surface area contributed by atoms with Gasteiger partial charge in [0, 0.05) is 38.3 Å². The molecule has 0 unspecified atom stereocenters. The highest BCUT2D eigenvalue weighted by Gasteiger charge is 2.24. The molecule has 1 fully saturated rings. The largest absolute Gasteiger partial charge is 0.297 e. The van der Waals surface area contributed by atoms with Gasteiger partial charge in [0.25, 0.3) is 0 Å². The van der Waals surface area contributed by atoms with E-state index in [1.807, 2.05) is 6.07 Å². The predicted octanol–water partition coefficient (Wildman–Crippen LogP) is 2.81. The normalized spacial score (nSPS) is 20.3. The molecule has 3 nitrogen and oxygen atoms in total. The summed E-state index contributed by atoms with van der Waals surface area (Å²) in [4.78, 5) is 4.74. The van der Waals surface area contributed by atoms with Crippen LogP contribution in [0.5, 0.6) is 0 Å². The Bertz CT molecular complexity index is 475. The van der Waals surface area contributed by atoms with Crippen molar-refractivity contribution in [2.24, 2.45) is 0 Å². The maximum atomic E-state index is 13.3. The molecule has 2 rings (SSSR count). The Morgan fingerprint density at radius 2 is 1.85 bits per heavy atom. The van der Waals surface area contributed by atoms with Crippen molar-refractivity contribution in [1.82, 2.24) is 9.80 Å². The van der Waals surface area contributed by atoms with Gasteiger partial charge in [0.1, 0.15) is 5.82 Å². The third kappa shape index (κ3) is 3.56. The maximum absolute atomic E-state index is 13.3. The van der Waals surface area contributed by atoms with Gasteiger partial charge in [0.15, 0.2) is 0 Å². The second-order valence-corrected chi connectivity index (χ2v) is 5.51. The summed E-state index contributed by atoms with van der Waals surface area (Å²) in [6.45, 7) is 8.12. The van der Waals surface area contributed by atoms with Crippen molar-refractivity contribution in [1.29, 1.82) is 5.26 Å². The van der Waals surface area contributed by atoms with Crippen molar-refractivity contribution in [3.8, 4) is 6.07 Å². The van der Waals surface area contributed by atoms with E-state index >= 15 is 0 Å². The molecule has 20 heavy (non-hydrogen) atoms. The summed E-state index contributed by atoms with van der Waals surface area (Å²) in [5.41, 5.74) is 1.03. The summed E-state index contributed by atoms with van der Waals surface area (Å²) < 4.78 is 13.3. The molecule has 1 aliphatic heterocycles. The molecule has 0 radical (unpaired) electrons. The van der Waals surface area contributed by atoms with Crippen molar-refractivity contribution in [2.75, 3.05) is 26.2 Å². The Labute approximate surface area is 120 Å². The van der Waals surface area contributed by atoms with Crippen LogP contribution in [0.4, 0.5) is 4.39 Å². The maximum Gasteiger partial charge on any atom is 0.123 e. The Hall–Kier alpha value is -1.44. The Kier molecular flexibility index (Phi) is 5.11. The molecule has 0 spiro atoms. The highest BCUT2D eigenvalue weighted by molar-refractivity contribution is 5.19. The van der Waals surface area contributed by atoms with E-state index in [0.29, 0.717) is 12.5 Å². The molecule has 0 N–H and O–H groups in total. The van der Waals surface area contributed by atoms with Gasteiger partial charge in [-0.25, -0.2) is 4.39 Å². The molecule has 0 saturated carbocycles. The minimum Gasteiger partial charge on any atom is -0.297 e. The summed E-state index contributed by atoms with van der Waals surface area (Å²) in [7, 11) is 0. The van der Waals surface area contributed by atoms with Crippen LogP contribution in [0.15, 0.2) is 24.3 Å². The highest BCUT2D eigenvalue weighted by atomic mass is 19.1. The van der Waals surface area contributed by atoms with Crippen LogP contribution in [0.25, 0.3) is 0 Å². The first kappa shape index (κ1) is 15.0. The fourth-order valence-electron chi connectivity index (χ4n) is 2.80. The van der Waals surface area contributed by atoms with Crippen LogP contribution in [0, 0.1) is 17.1 Å². The fraction of sp³-hybridized carbons (Fsp3) is 0.562. The molecular weight excluding hydrogens is 253 g/mol. The third-order valence-corrected chi connectivity index (χ3v) is 4.24. The summed E-state index contributed by atoms with van der Waals surface area (Å²) in [5, 5.41) is 8.76. The molecule has 0 bridgehead atoms. The molecular formula is C16H22FN3. The number of nitriles is 1. The van der Waals surface area contributed by atoms with E-state index in [-0.39, 0.29) is 11.9 Å². The first-order valence-corrected chi connectivity index (χ1v) is 7.22. The van der Waals surface area contributed by atoms with E-state index in [9.17, 15) is 4.39 Å². The van der Waals surface area contributed by atoms with Crippen LogP contribution in [0.2, 0.25) is 0 Å². The van der Waals surface area contributed by atoms with E-state index in [1.165, 1.54) is 6.07 Å². The van der Waals surface area contributed by atoms with Gasteiger partial charge >= 0.3 is 0 Å². The van der Waals surface area contributed by atoms with Gasteiger partial charge < -0.3 is 0 Å². The lowest BCUT2D eigenvalue weighted by atomic mass is 10.1.